The minimum Gasteiger partial charge on any atom is -0.490 e. The van der Waals surface area contributed by atoms with Gasteiger partial charge in [0.25, 0.3) is 0 Å². The molecule has 1 aliphatic rings. The van der Waals surface area contributed by atoms with E-state index >= 15 is 0 Å². The van der Waals surface area contributed by atoms with Crippen molar-refractivity contribution in [3.8, 4) is 17.6 Å². The molecule has 0 aromatic heterocycles. The Bertz CT molecular complexity index is 868. The molecule has 0 saturated heterocycles. The molecule has 0 atom stereocenters. The molecule has 1 aliphatic carbocycles. The Morgan fingerprint density at radius 2 is 1.60 bits per heavy atom. The van der Waals surface area contributed by atoms with Gasteiger partial charge in [0.2, 0.25) is 5.82 Å². The number of benzene rings is 2. The molecule has 0 unspecified atom stereocenters. The fraction of sp³-hybridized carbons (Fsp3) is 0.481. The van der Waals surface area contributed by atoms with E-state index in [4.69, 9.17) is 4.74 Å². The van der Waals surface area contributed by atoms with E-state index < -0.39 is 11.6 Å². The lowest BCUT2D eigenvalue weighted by atomic mass is 9.77. The monoisotopic (exact) mass is 410 g/mol. The highest BCUT2D eigenvalue weighted by atomic mass is 19.2. The molecule has 0 radical (unpaired) electrons. The summed E-state index contributed by atoms with van der Waals surface area (Å²) < 4.78 is 33.6. The SMILES string of the molecule is CCCCC1CCC(c2ccc(C#Cc3ccc(OCCC)c(F)c3F)cc2)CC1. The van der Waals surface area contributed by atoms with Crippen molar-refractivity contribution in [2.24, 2.45) is 5.92 Å². The van der Waals surface area contributed by atoms with Gasteiger partial charge in [-0.2, -0.15) is 4.39 Å². The van der Waals surface area contributed by atoms with Crippen molar-refractivity contribution in [1.82, 2.24) is 0 Å². The molecule has 3 rings (SSSR count). The standard InChI is InChI=1S/C27H32F2O/c1-3-5-6-20-7-12-22(13-8-20)23-14-9-21(10-15-23)11-16-24-17-18-25(30-19-4-2)27(29)26(24)28/h9-10,14-15,17-18,20,22H,3-8,12-13,19H2,1-2H3. The second kappa shape index (κ2) is 11.2. The van der Waals surface area contributed by atoms with Gasteiger partial charge < -0.3 is 4.74 Å². The normalized spacial score (nSPS) is 18.5. The first-order chi connectivity index (χ1) is 14.6. The molecule has 0 bridgehead atoms. The molecule has 0 N–H and O–H groups in total. The van der Waals surface area contributed by atoms with Crippen LogP contribution in [0, 0.1) is 29.4 Å². The Labute approximate surface area is 179 Å². The fourth-order valence-corrected chi connectivity index (χ4v) is 4.21. The van der Waals surface area contributed by atoms with E-state index in [1.165, 1.54) is 62.6 Å². The molecule has 2 aromatic carbocycles. The van der Waals surface area contributed by atoms with Gasteiger partial charge >= 0.3 is 0 Å². The number of ether oxygens (including phenoxy) is 1. The maximum atomic E-state index is 14.3. The van der Waals surface area contributed by atoms with Crippen LogP contribution < -0.4 is 4.74 Å². The molecule has 160 valence electrons. The predicted octanol–water partition coefficient (Wildman–Crippen LogP) is 7.62. The summed E-state index contributed by atoms with van der Waals surface area (Å²) >= 11 is 0. The van der Waals surface area contributed by atoms with E-state index in [-0.39, 0.29) is 11.3 Å². The van der Waals surface area contributed by atoms with Gasteiger partial charge in [-0.3, -0.25) is 0 Å². The van der Waals surface area contributed by atoms with Gasteiger partial charge in [-0.1, -0.05) is 57.1 Å². The first kappa shape index (κ1) is 22.3. The van der Waals surface area contributed by atoms with Crippen molar-refractivity contribution in [1.29, 1.82) is 0 Å². The molecule has 1 fully saturated rings. The van der Waals surface area contributed by atoms with Crippen LogP contribution in [0.1, 0.15) is 87.8 Å². The van der Waals surface area contributed by atoms with Crippen LogP contribution in [0.25, 0.3) is 0 Å². The number of hydrogen-bond acceptors (Lipinski definition) is 1. The van der Waals surface area contributed by atoms with Crippen LogP contribution in [0.5, 0.6) is 5.75 Å². The molecule has 30 heavy (non-hydrogen) atoms. The van der Waals surface area contributed by atoms with Gasteiger partial charge in [0.15, 0.2) is 11.6 Å². The Hall–Kier alpha value is -2.34. The topological polar surface area (TPSA) is 9.23 Å². The summed E-state index contributed by atoms with van der Waals surface area (Å²) in [5, 5.41) is 0. The zero-order chi connectivity index (χ0) is 21.3. The van der Waals surface area contributed by atoms with Crippen molar-refractivity contribution >= 4 is 0 Å². The second-order valence-electron chi connectivity index (χ2n) is 8.32. The summed E-state index contributed by atoms with van der Waals surface area (Å²) in [6.07, 6.45) is 9.92. The lowest BCUT2D eigenvalue weighted by Gasteiger charge is -2.28. The molecular formula is C27H32F2O. The van der Waals surface area contributed by atoms with Crippen LogP contribution in [0.4, 0.5) is 8.78 Å². The lowest BCUT2D eigenvalue weighted by molar-refractivity contribution is 0.295. The lowest BCUT2D eigenvalue weighted by Crippen LogP contribution is -2.13. The summed E-state index contributed by atoms with van der Waals surface area (Å²) in [5.74, 6) is 5.26. The van der Waals surface area contributed by atoms with E-state index in [0.29, 0.717) is 12.5 Å². The van der Waals surface area contributed by atoms with E-state index in [1.807, 2.05) is 19.1 Å². The zero-order valence-electron chi connectivity index (χ0n) is 18.1. The number of unbranched alkanes of at least 4 members (excludes halogenated alkanes) is 1. The van der Waals surface area contributed by atoms with Gasteiger partial charge in [-0.15, -0.1) is 0 Å². The molecule has 1 saturated carbocycles. The maximum Gasteiger partial charge on any atom is 0.201 e. The predicted molar refractivity (Wildman–Crippen MR) is 119 cm³/mol. The number of halogens is 2. The largest absolute Gasteiger partial charge is 0.490 e. The minimum absolute atomic E-state index is 0.0471. The smallest absolute Gasteiger partial charge is 0.201 e. The highest BCUT2D eigenvalue weighted by Crippen LogP contribution is 2.37. The molecule has 1 nitrogen and oxygen atoms in total. The van der Waals surface area contributed by atoms with Crippen LogP contribution in [0.3, 0.4) is 0 Å². The van der Waals surface area contributed by atoms with Crippen molar-refractivity contribution < 1.29 is 13.5 Å². The van der Waals surface area contributed by atoms with Crippen LogP contribution in [0.15, 0.2) is 36.4 Å². The van der Waals surface area contributed by atoms with Crippen LogP contribution >= 0.6 is 0 Å². The Morgan fingerprint density at radius 3 is 2.27 bits per heavy atom. The highest BCUT2D eigenvalue weighted by Gasteiger charge is 2.21. The van der Waals surface area contributed by atoms with Gasteiger partial charge in [0, 0.05) is 5.56 Å². The van der Waals surface area contributed by atoms with Gasteiger partial charge in [-0.25, -0.2) is 4.39 Å². The molecule has 2 aromatic rings. The number of hydrogen-bond donors (Lipinski definition) is 0. The third kappa shape index (κ3) is 5.85. The average Bonchev–Trinajstić information content (AvgIpc) is 2.79. The fourth-order valence-electron chi connectivity index (χ4n) is 4.21. The zero-order valence-corrected chi connectivity index (χ0v) is 18.1. The summed E-state index contributed by atoms with van der Waals surface area (Å²) in [6.45, 7) is 4.53. The van der Waals surface area contributed by atoms with Crippen molar-refractivity contribution in [2.75, 3.05) is 6.61 Å². The van der Waals surface area contributed by atoms with Gasteiger partial charge in [-0.05, 0) is 73.8 Å². The van der Waals surface area contributed by atoms with E-state index in [2.05, 4.69) is 30.9 Å². The molecule has 0 spiro atoms. The van der Waals surface area contributed by atoms with Crippen molar-refractivity contribution in [3.05, 3.63) is 64.7 Å². The first-order valence-electron chi connectivity index (χ1n) is 11.3. The average molecular weight is 411 g/mol. The van der Waals surface area contributed by atoms with Crippen molar-refractivity contribution in [2.45, 2.75) is 71.1 Å². The third-order valence-electron chi connectivity index (χ3n) is 6.04. The molecular weight excluding hydrogens is 378 g/mol. The summed E-state index contributed by atoms with van der Waals surface area (Å²) in [7, 11) is 0. The van der Waals surface area contributed by atoms with Crippen LogP contribution in [-0.4, -0.2) is 6.61 Å². The van der Waals surface area contributed by atoms with Gasteiger partial charge in [0.1, 0.15) is 0 Å². The van der Waals surface area contributed by atoms with E-state index in [1.54, 1.807) is 0 Å². The minimum atomic E-state index is -0.972. The Morgan fingerprint density at radius 1 is 0.867 bits per heavy atom. The molecule has 0 aliphatic heterocycles. The summed E-state index contributed by atoms with van der Waals surface area (Å²) in [5.41, 5.74) is 2.22. The van der Waals surface area contributed by atoms with E-state index in [9.17, 15) is 8.78 Å². The summed E-state index contributed by atoms with van der Waals surface area (Å²) in [6, 6.07) is 11.2. The Kier molecular flexibility index (Phi) is 8.31. The van der Waals surface area contributed by atoms with E-state index in [0.717, 1.165) is 17.9 Å². The summed E-state index contributed by atoms with van der Waals surface area (Å²) in [4.78, 5) is 0. The first-order valence-corrected chi connectivity index (χ1v) is 11.3. The number of rotatable bonds is 7. The van der Waals surface area contributed by atoms with Crippen LogP contribution in [0.2, 0.25) is 0 Å². The molecule has 3 heteroatoms. The second-order valence-corrected chi connectivity index (χ2v) is 8.32. The van der Waals surface area contributed by atoms with Crippen molar-refractivity contribution in [3.63, 3.8) is 0 Å². The van der Waals surface area contributed by atoms with Gasteiger partial charge in [0.05, 0.1) is 12.2 Å². The van der Waals surface area contributed by atoms with Crippen LogP contribution in [-0.2, 0) is 0 Å². The molecule has 0 amide bonds. The Balaban J connectivity index is 1.62. The quantitative estimate of drug-likeness (QED) is 0.427. The molecule has 0 heterocycles. The maximum absolute atomic E-state index is 14.3. The highest BCUT2D eigenvalue weighted by molar-refractivity contribution is 5.46. The third-order valence-corrected chi connectivity index (χ3v) is 6.04.